The zero-order valence-electron chi connectivity index (χ0n) is 65.8. The van der Waals surface area contributed by atoms with Crippen molar-refractivity contribution < 1.29 is 76.6 Å². The van der Waals surface area contributed by atoms with Crippen LogP contribution in [-0.4, -0.2) is 208 Å². The fourth-order valence-corrected chi connectivity index (χ4v) is 16.3. The molecule has 111 heavy (non-hydrogen) atoms. The van der Waals surface area contributed by atoms with Crippen molar-refractivity contribution in [3.8, 4) is 5.75 Å². The summed E-state index contributed by atoms with van der Waals surface area (Å²) in [5.74, 6) is -8.40. The van der Waals surface area contributed by atoms with E-state index in [4.69, 9.17) is 9.47 Å². The molecule has 0 aliphatic carbocycles. The Hall–Kier alpha value is -9.46. The maximum Gasteiger partial charge on any atom is 0.246 e. The molecule has 6 aliphatic heterocycles. The number of para-hydroxylation sites is 1. The van der Waals surface area contributed by atoms with E-state index in [0.29, 0.717) is 79.6 Å². The Morgan fingerprint density at radius 1 is 0.667 bits per heavy atom. The molecule has 2 saturated heterocycles. The summed E-state index contributed by atoms with van der Waals surface area (Å²) < 4.78 is 14.7. The molecule has 10 atom stereocenters. The number of nitrogens with zero attached hydrogens (tertiary/aromatic N) is 5. The summed E-state index contributed by atoms with van der Waals surface area (Å²) >= 11 is 0. The number of hydrogen-bond donors (Lipinski definition) is 6. The van der Waals surface area contributed by atoms with Gasteiger partial charge in [-0.15, -0.1) is 0 Å². The third-order valence-corrected chi connectivity index (χ3v) is 22.8. The molecule has 25 nitrogen and oxygen atoms in total. The molecule has 2 fully saturated rings. The lowest BCUT2D eigenvalue weighted by atomic mass is 9.88. The molecule has 598 valence electrons. The summed E-state index contributed by atoms with van der Waals surface area (Å²) in [4.78, 5) is 184. The number of amides is 8. The van der Waals surface area contributed by atoms with Crippen LogP contribution in [0.5, 0.6) is 5.75 Å². The van der Waals surface area contributed by atoms with Crippen LogP contribution in [0.15, 0.2) is 103 Å². The van der Waals surface area contributed by atoms with Crippen LogP contribution in [0, 0.1) is 11.8 Å². The van der Waals surface area contributed by atoms with Crippen molar-refractivity contribution in [2.45, 2.75) is 236 Å². The molecule has 8 amide bonds. The fraction of sp³-hybridized carbons (Fsp3) is 0.558. The lowest BCUT2D eigenvalue weighted by Crippen LogP contribution is -2.62. The van der Waals surface area contributed by atoms with Crippen molar-refractivity contribution in [3.63, 3.8) is 0 Å². The third-order valence-electron chi connectivity index (χ3n) is 22.8. The number of aliphatic hydroxyl groups is 1. The topological polar surface area (TPSA) is 318 Å². The normalized spacial score (nSPS) is 25.3. The number of ketones is 4. The van der Waals surface area contributed by atoms with Crippen LogP contribution in [0.4, 0.5) is 0 Å². The van der Waals surface area contributed by atoms with E-state index >= 15 is 28.8 Å². The molecule has 6 N–H and O–H groups in total. The number of methoxy groups -OCH3 is 1. The standard InChI is InChI=1S/C86H114N10O15/c1-56-46-66(99)34-38-77(103)93-42-15-9-8-14-41-92-54-64(68-24-12-13-25-72(68)92)50-63-51-73(100)70(89-81(105)69(88-80(56)104)37-33-65(98)23-11-10-16-45-96(4,5)6)49-61-21-17-22-62(47-61)52-87-76(102)55-111-74-39-44-94(84(63)108)79(74)83(107)91-78(57(2)97)82(106)90-71(48-59-31-35-67(110-7)36-32-59)85(109)95-43-19-40-86(95,3)75(101)26-18-20-58-27-29-60(53-93)30-28-58/h12-13,17,21-22,24-25,27-32,35-36,47,54,56-57,63,69-71,74,78-79,97H,8-11,14-16,18-20,23,26,33-34,37-46,48-53,55H2,1-7H3,(H4-,87,88,89,90,91,102,104,105,106,107)/p+1/t56-,57-,63-,69-,70+,71+,74+,78+,79+,86+/m1/s1. The molecule has 0 spiro atoms. The van der Waals surface area contributed by atoms with E-state index in [1.54, 1.807) is 67.3 Å². The summed E-state index contributed by atoms with van der Waals surface area (Å²) in [7, 11) is 7.82. The van der Waals surface area contributed by atoms with Crippen LogP contribution in [0.25, 0.3) is 10.9 Å². The number of nitrogens with one attached hydrogen (secondary N) is 5. The fourth-order valence-electron chi connectivity index (χ4n) is 16.3. The average Bonchev–Trinajstić information content (AvgIpc) is 1.67. The van der Waals surface area contributed by atoms with Gasteiger partial charge in [0.05, 0.1) is 58.6 Å². The summed E-state index contributed by atoms with van der Waals surface area (Å²) in [6.07, 6.45) is 4.92. The highest BCUT2D eigenvalue weighted by Crippen LogP contribution is 2.35. The zero-order valence-corrected chi connectivity index (χ0v) is 65.8. The number of rotatable bonds is 13. The van der Waals surface area contributed by atoms with Crippen LogP contribution in [-0.2, 0) is 108 Å². The molecule has 25 heteroatoms. The lowest BCUT2D eigenvalue weighted by molar-refractivity contribution is -0.870. The third kappa shape index (κ3) is 23.1. The van der Waals surface area contributed by atoms with Crippen LogP contribution in [0.1, 0.15) is 176 Å². The minimum atomic E-state index is -1.78. The first-order valence-electron chi connectivity index (χ1n) is 40.1. The smallest absolute Gasteiger partial charge is 0.246 e. The number of benzene rings is 4. The highest BCUT2D eigenvalue weighted by atomic mass is 16.5. The van der Waals surface area contributed by atoms with E-state index in [0.717, 1.165) is 65.2 Å². The number of aromatic nitrogens is 1. The SMILES string of the molecule is COc1ccc(C[C@@H]2NC(=O)[C@H]([C@@H](C)O)NC(=O)[C@@H]3[C@@H]4CCN3C(=O)[C@H]3CC(=O)[C@H](Cc5cccc(c5)CNC(=O)CO4)NC(=O)[C@@H](CCC(=O)CCCCC[N+](C)(C)C)NC(=O)[C@H](C)CC(=O)CCC(=O)N(CCCCCCn4cc(c5ccccc54)C3)Cc3ccc(cc3)CCCC(=O)[C@]3(C)CCCN3C2=O)cc1. The van der Waals surface area contributed by atoms with Crippen molar-refractivity contribution in [2.24, 2.45) is 11.8 Å². The highest BCUT2D eigenvalue weighted by Gasteiger charge is 2.49. The Kier molecular flexibility index (Phi) is 29.6. The van der Waals surface area contributed by atoms with Gasteiger partial charge in [0.1, 0.15) is 48.1 Å². The maximum absolute atomic E-state index is 16.3. The summed E-state index contributed by atoms with van der Waals surface area (Å²) in [6, 6.07) is 22.0. The minimum absolute atomic E-state index is 0.00456. The number of carbonyl (C=O) groups is 12. The number of ether oxygens (including phenoxy) is 2. The number of Topliss-reactive ketones (excluding diaryl/α,β-unsaturated/α-hetero) is 4. The Morgan fingerprint density at radius 2 is 1.40 bits per heavy atom. The number of unbranched alkanes of at least 4 members (excludes halogenated alkanes) is 2. The van der Waals surface area contributed by atoms with Crippen LogP contribution in [0.3, 0.4) is 0 Å². The maximum atomic E-state index is 16.3. The van der Waals surface area contributed by atoms with Crippen LogP contribution in [0.2, 0.25) is 0 Å². The number of aliphatic hydroxyl groups excluding tert-OH is 1. The largest absolute Gasteiger partial charge is 0.497 e. The second-order valence-electron chi connectivity index (χ2n) is 32.6. The van der Waals surface area contributed by atoms with Crippen molar-refractivity contribution in [2.75, 3.05) is 61.0 Å². The Labute approximate surface area is 652 Å². The number of hydrogen-bond acceptors (Lipinski definition) is 15. The first kappa shape index (κ1) is 84.0. The Balaban J connectivity index is 1.07. The predicted molar refractivity (Wildman–Crippen MR) is 418 cm³/mol. The summed E-state index contributed by atoms with van der Waals surface area (Å²) in [5.41, 5.74) is 3.89. The molecule has 11 rings (SSSR count). The summed E-state index contributed by atoms with van der Waals surface area (Å²) in [6.45, 7) is 6.19. The Morgan fingerprint density at radius 3 is 2.14 bits per heavy atom. The molecule has 12 bridgehead atoms. The molecule has 7 heterocycles. The number of fused-ring (bicyclic) bond motifs is 16. The molecule has 1 aromatic heterocycles. The Bertz CT molecular complexity index is 4150. The molecule has 5 aromatic rings. The average molecular weight is 1530 g/mol. The molecule has 6 aliphatic rings. The van der Waals surface area contributed by atoms with Crippen LogP contribution >= 0.6 is 0 Å². The monoisotopic (exact) mass is 1530 g/mol. The highest BCUT2D eigenvalue weighted by molar-refractivity contribution is 6.00. The second-order valence-corrected chi connectivity index (χ2v) is 32.6. The van der Waals surface area contributed by atoms with Crippen molar-refractivity contribution >= 4 is 81.3 Å². The van der Waals surface area contributed by atoms with E-state index in [1.165, 1.54) is 23.8 Å². The quantitative estimate of drug-likeness (QED) is 0.0507. The minimum Gasteiger partial charge on any atom is -0.497 e. The number of quaternary nitrogens is 1. The first-order chi connectivity index (χ1) is 53.1. The number of aryl methyl sites for hydroxylation is 2. The van der Waals surface area contributed by atoms with E-state index < -0.39 is 120 Å². The van der Waals surface area contributed by atoms with Gasteiger partial charge in [-0.05, 0) is 149 Å². The van der Waals surface area contributed by atoms with Crippen molar-refractivity contribution in [1.29, 1.82) is 0 Å². The number of carbonyl (C=O) groups excluding carboxylic acids is 12. The van der Waals surface area contributed by atoms with Gasteiger partial charge >= 0.3 is 0 Å². The van der Waals surface area contributed by atoms with Gasteiger partial charge in [0, 0.05) is 120 Å². The zero-order chi connectivity index (χ0) is 79.5. The molecule has 0 unspecified atom stereocenters. The van der Waals surface area contributed by atoms with Gasteiger partial charge in [-0.1, -0.05) is 98.6 Å². The second kappa shape index (κ2) is 39.1. The van der Waals surface area contributed by atoms with E-state index in [-0.39, 0.29) is 120 Å². The first-order valence-corrected chi connectivity index (χ1v) is 40.1. The molecular weight excluding hydrogens is 1410 g/mol. The van der Waals surface area contributed by atoms with Gasteiger partial charge in [0.25, 0.3) is 0 Å². The molecule has 4 aromatic carbocycles. The van der Waals surface area contributed by atoms with Gasteiger partial charge < -0.3 is 64.9 Å². The molecule has 0 radical (unpaired) electrons. The van der Waals surface area contributed by atoms with Crippen molar-refractivity contribution in [3.05, 3.63) is 137 Å². The van der Waals surface area contributed by atoms with Crippen LogP contribution < -0.4 is 31.3 Å². The predicted octanol–water partition coefficient (Wildman–Crippen LogP) is 7.07. The van der Waals surface area contributed by atoms with Crippen molar-refractivity contribution in [1.82, 2.24) is 45.9 Å². The van der Waals surface area contributed by atoms with Gasteiger partial charge in [-0.2, -0.15) is 0 Å². The van der Waals surface area contributed by atoms with E-state index in [1.807, 2.05) is 54.7 Å². The van der Waals surface area contributed by atoms with Gasteiger partial charge in [-0.3, -0.25) is 57.5 Å². The van der Waals surface area contributed by atoms with Gasteiger partial charge in [-0.25, -0.2) is 0 Å². The van der Waals surface area contributed by atoms with Gasteiger partial charge in [0.2, 0.25) is 47.3 Å². The molecule has 0 saturated carbocycles. The van der Waals surface area contributed by atoms with E-state index in [2.05, 4.69) is 52.3 Å². The lowest BCUT2D eigenvalue weighted by Gasteiger charge is -2.37. The van der Waals surface area contributed by atoms with E-state index in [9.17, 15) is 33.9 Å². The van der Waals surface area contributed by atoms with Gasteiger partial charge in [0.15, 0.2) is 11.6 Å². The molecular formula is C86H115N10O15+. The summed E-state index contributed by atoms with van der Waals surface area (Å²) in [5, 5.41) is 26.8.